The van der Waals surface area contributed by atoms with Crippen LogP contribution < -0.4 is 5.73 Å². The number of unbranched alkanes of at least 4 members (excludes halogenated alkanes) is 47. The molecule has 0 fully saturated rings. The number of carbonyl (C=O) groups excluding carboxylic acids is 2. The second-order valence-corrected chi connectivity index (χ2v) is 24.9. The van der Waals surface area contributed by atoms with Crippen molar-refractivity contribution in [3.63, 3.8) is 0 Å². The van der Waals surface area contributed by atoms with Crippen molar-refractivity contribution >= 4 is 19.8 Å². The fourth-order valence-corrected chi connectivity index (χ4v) is 11.2. The summed E-state index contributed by atoms with van der Waals surface area (Å²) in [6.45, 7) is 3.80. The summed E-state index contributed by atoms with van der Waals surface area (Å²) in [6, 6.07) is 0. The number of hydrogen-bond donors (Lipinski definition) is 2. The van der Waals surface area contributed by atoms with E-state index in [1.54, 1.807) is 0 Å². The van der Waals surface area contributed by atoms with E-state index in [1.165, 1.54) is 276 Å². The van der Waals surface area contributed by atoms with Crippen LogP contribution in [0.2, 0.25) is 0 Å². The standard InChI is InChI=1S/C69H132NO8P/c1-3-5-7-9-11-13-15-17-19-21-23-25-27-29-30-31-32-33-34-35-36-38-39-41-43-45-47-49-51-53-55-57-59-61-68(71)75-65-67(66-77-79(73,74)76-64-63-70)78-69(72)62-60-58-56-54-52-50-48-46-44-42-40-37-28-26-24-22-20-18-16-14-12-10-8-6-4-2/h16,18,22,24,28,37,67H,3-15,17,19-21,23,25-27,29-36,38-66,70H2,1-2H3,(H,73,74)/b18-16-,24-22-,37-28-. The summed E-state index contributed by atoms with van der Waals surface area (Å²) >= 11 is 0. The summed E-state index contributed by atoms with van der Waals surface area (Å²) in [5.41, 5.74) is 5.40. The van der Waals surface area contributed by atoms with Crippen LogP contribution in [0.15, 0.2) is 36.5 Å². The molecule has 0 heterocycles. The lowest BCUT2D eigenvalue weighted by Crippen LogP contribution is -2.29. The van der Waals surface area contributed by atoms with E-state index in [-0.39, 0.29) is 38.6 Å². The summed E-state index contributed by atoms with van der Waals surface area (Å²) < 4.78 is 33.2. The molecule has 0 aromatic heterocycles. The van der Waals surface area contributed by atoms with Gasteiger partial charge in [0.1, 0.15) is 6.61 Å². The predicted molar refractivity (Wildman–Crippen MR) is 340 cm³/mol. The molecule has 0 spiro atoms. The SMILES string of the molecule is CCCCCCC/C=C\C/C=C\C/C=C\CCCCCCCCCCCCC(=O)OC(COC(=O)CCCCCCCCCCCCCCCCCCCCCCCCCCCCCCCCCCC)COP(=O)(O)OCCN. The second kappa shape index (κ2) is 65.4. The van der Waals surface area contributed by atoms with E-state index in [0.717, 1.165) is 51.4 Å². The summed E-state index contributed by atoms with van der Waals surface area (Å²) in [6.07, 6.45) is 81.0. The molecule has 0 saturated heterocycles. The van der Waals surface area contributed by atoms with Gasteiger partial charge < -0.3 is 20.1 Å². The van der Waals surface area contributed by atoms with E-state index in [4.69, 9.17) is 24.3 Å². The minimum atomic E-state index is -4.39. The number of esters is 2. The first kappa shape index (κ1) is 77.2. The van der Waals surface area contributed by atoms with Crippen molar-refractivity contribution in [2.24, 2.45) is 5.73 Å². The minimum absolute atomic E-state index is 0.0541. The van der Waals surface area contributed by atoms with Gasteiger partial charge in [0, 0.05) is 19.4 Å². The molecule has 0 aromatic carbocycles. The first-order valence-electron chi connectivity index (χ1n) is 34.5. The molecule has 2 atom stereocenters. The predicted octanol–water partition coefficient (Wildman–Crippen LogP) is 22.3. The van der Waals surface area contributed by atoms with E-state index in [0.29, 0.717) is 6.42 Å². The molecule has 0 aromatic rings. The van der Waals surface area contributed by atoms with Crippen molar-refractivity contribution in [2.45, 2.75) is 367 Å². The third-order valence-electron chi connectivity index (χ3n) is 15.5. The topological polar surface area (TPSA) is 134 Å². The molecule has 3 N–H and O–H groups in total. The Morgan fingerprint density at radius 2 is 0.658 bits per heavy atom. The van der Waals surface area contributed by atoms with Crippen molar-refractivity contribution in [2.75, 3.05) is 26.4 Å². The minimum Gasteiger partial charge on any atom is -0.462 e. The van der Waals surface area contributed by atoms with Gasteiger partial charge in [-0.25, -0.2) is 4.57 Å². The number of rotatable bonds is 66. The molecule has 0 amide bonds. The fraction of sp³-hybridized carbons (Fsp3) is 0.884. The Morgan fingerprint density at radius 3 is 0.975 bits per heavy atom. The molecule has 0 aliphatic rings. The van der Waals surface area contributed by atoms with Crippen molar-refractivity contribution in [1.82, 2.24) is 0 Å². The Morgan fingerprint density at radius 1 is 0.380 bits per heavy atom. The third-order valence-corrected chi connectivity index (χ3v) is 16.5. The maximum atomic E-state index is 12.7. The van der Waals surface area contributed by atoms with Crippen LogP contribution in [0.1, 0.15) is 361 Å². The van der Waals surface area contributed by atoms with E-state index >= 15 is 0 Å². The average molecular weight is 1130 g/mol. The highest BCUT2D eigenvalue weighted by Gasteiger charge is 2.26. The zero-order chi connectivity index (χ0) is 57.3. The Bertz CT molecular complexity index is 1390. The lowest BCUT2D eigenvalue weighted by atomic mass is 10.0. The molecule has 0 radical (unpaired) electrons. The Balaban J connectivity index is 3.83. The van der Waals surface area contributed by atoms with Gasteiger partial charge in [0.25, 0.3) is 0 Å². The number of phosphoric ester groups is 1. The molecule has 0 rings (SSSR count). The van der Waals surface area contributed by atoms with Gasteiger partial charge in [-0.1, -0.05) is 333 Å². The van der Waals surface area contributed by atoms with Gasteiger partial charge in [-0.15, -0.1) is 0 Å². The van der Waals surface area contributed by atoms with Crippen molar-refractivity contribution in [3.8, 4) is 0 Å². The van der Waals surface area contributed by atoms with Gasteiger partial charge in [0.05, 0.1) is 13.2 Å². The van der Waals surface area contributed by atoms with Crippen LogP contribution in [0.5, 0.6) is 0 Å². The molecule has 79 heavy (non-hydrogen) atoms. The first-order valence-corrected chi connectivity index (χ1v) is 36.0. The van der Waals surface area contributed by atoms with Gasteiger partial charge in [0.15, 0.2) is 6.10 Å². The zero-order valence-corrected chi connectivity index (χ0v) is 53.3. The number of ether oxygens (including phenoxy) is 2. The lowest BCUT2D eigenvalue weighted by Gasteiger charge is -2.19. The normalized spacial score (nSPS) is 13.1. The van der Waals surface area contributed by atoms with Crippen molar-refractivity contribution < 1.29 is 37.6 Å². The molecule has 10 heteroatoms. The lowest BCUT2D eigenvalue weighted by molar-refractivity contribution is -0.161. The van der Waals surface area contributed by atoms with Gasteiger partial charge >= 0.3 is 19.8 Å². The van der Waals surface area contributed by atoms with Crippen LogP contribution in [0, 0.1) is 0 Å². The van der Waals surface area contributed by atoms with Crippen LogP contribution in [-0.4, -0.2) is 49.3 Å². The van der Waals surface area contributed by atoms with E-state index in [9.17, 15) is 19.0 Å². The quantitative estimate of drug-likeness (QED) is 0.0264. The summed E-state index contributed by atoms with van der Waals surface area (Å²) in [7, 11) is -4.39. The molecule has 2 unspecified atom stereocenters. The molecule has 0 saturated carbocycles. The number of carbonyl (C=O) groups is 2. The van der Waals surface area contributed by atoms with Crippen LogP contribution in [0.4, 0.5) is 0 Å². The van der Waals surface area contributed by atoms with E-state index in [2.05, 4.69) is 50.3 Å². The first-order chi connectivity index (χ1) is 38.8. The number of allylic oxidation sites excluding steroid dienone is 6. The smallest absolute Gasteiger partial charge is 0.462 e. The second-order valence-electron chi connectivity index (χ2n) is 23.4. The van der Waals surface area contributed by atoms with E-state index in [1.807, 2.05) is 0 Å². The Hall–Kier alpha value is -1.77. The van der Waals surface area contributed by atoms with Gasteiger partial charge in [-0.2, -0.15) is 0 Å². The molecule has 0 aliphatic carbocycles. The summed E-state index contributed by atoms with van der Waals surface area (Å²) in [5.74, 6) is -0.813. The monoisotopic (exact) mass is 1130 g/mol. The van der Waals surface area contributed by atoms with E-state index < -0.39 is 26.5 Å². The molecular formula is C69H132NO8P. The van der Waals surface area contributed by atoms with Crippen LogP contribution in [0.25, 0.3) is 0 Å². The highest BCUT2D eigenvalue weighted by molar-refractivity contribution is 7.47. The largest absolute Gasteiger partial charge is 0.472 e. The number of phosphoric acid groups is 1. The Labute approximate surface area is 490 Å². The molecule has 0 aliphatic heterocycles. The molecule has 9 nitrogen and oxygen atoms in total. The van der Waals surface area contributed by atoms with Crippen LogP contribution >= 0.6 is 7.82 Å². The maximum Gasteiger partial charge on any atom is 0.472 e. The highest BCUT2D eigenvalue weighted by atomic mass is 31.2. The number of hydrogen-bond acceptors (Lipinski definition) is 8. The van der Waals surface area contributed by atoms with Crippen molar-refractivity contribution in [3.05, 3.63) is 36.5 Å². The Kier molecular flexibility index (Phi) is 63.9. The fourth-order valence-electron chi connectivity index (χ4n) is 10.4. The number of nitrogens with two attached hydrogens (primary N) is 1. The highest BCUT2D eigenvalue weighted by Crippen LogP contribution is 2.43. The van der Waals surface area contributed by atoms with Crippen LogP contribution in [-0.2, 0) is 32.7 Å². The summed E-state index contributed by atoms with van der Waals surface area (Å²) in [5, 5.41) is 0. The van der Waals surface area contributed by atoms with Crippen molar-refractivity contribution in [1.29, 1.82) is 0 Å². The molecular weight excluding hydrogens is 1000 g/mol. The molecule has 0 bridgehead atoms. The average Bonchev–Trinajstić information content (AvgIpc) is 3.44. The van der Waals surface area contributed by atoms with Crippen LogP contribution in [0.3, 0.4) is 0 Å². The zero-order valence-electron chi connectivity index (χ0n) is 52.4. The summed E-state index contributed by atoms with van der Waals surface area (Å²) in [4.78, 5) is 35.3. The third kappa shape index (κ3) is 65.3. The van der Waals surface area contributed by atoms with Gasteiger partial charge in [0.2, 0.25) is 0 Å². The maximum absolute atomic E-state index is 12.7. The van der Waals surface area contributed by atoms with Gasteiger partial charge in [-0.05, 0) is 51.4 Å². The molecule has 466 valence electrons. The van der Waals surface area contributed by atoms with Gasteiger partial charge in [-0.3, -0.25) is 18.6 Å².